The van der Waals surface area contributed by atoms with Crippen molar-refractivity contribution < 1.29 is 18.4 Å². The second kappa shape index (κ2) is 6.83. The van der Waals surface area contributed by atoms with Crippen LogP contribution in [0.15, 0.2) is 18.2 Å². The molecule has 0 unspecified atom stereocenters. The third-order valence-electron chi connectivity index (χ3n) is 3.75. The van der Waals surface area contributed by atoms with Crippen molar-refractivity contribution in [1.82, 2.24) is 10.2 Å². The molecular formula is C15H19F2N3O2. The molecule has 0 aromatic heterocycles. The first-order valence-corrected chi connectivity index (χ1v) is 7.15. The van der Waals surface area contributed by atoms with Gasteiger partial charge in [0.15, 0.2) is 0 Å². The summed E-state index contributed by atoms with van der Waals surface area (Å²) in [6.07, 6.45) is 0.0390. The first-order valence-electron chi connectivity index (χ1n) is 7.15. The molecule has 1 fully saturated rings. The van der Waals surface area contributed by atoms with Gasteiger partial charge in [-0.05, 0) is 37.1 Å². The minimum Gasteiger partial charge on any atom is -0.353 e. The van der Waals surface area contributed by atoms with Crippen molar-refractivity contribution in [2.24, 2.45) is 5.73 Å². The summed E-state index contributed by atoms with van der Waals surface area (Å²) in [5.74, 6) is -1.55. The topological polar surface area (TPSA) is 75.4 Å². The van der Waals surface area contributed by atoms with E-state index in [0.29, 0.717) is 13.1 Å². The highest BCUT2D eigenvalue weighted by atomic mass is 19.1. The molecule has 2 amide bonds. The summed E-state index contributed by atoms with van der Waals surface area (Å²) in [6.45, 7) is 2.47. The lowest BCUT2D eigenvalue weighted by Crippen LogP contribution is -2.56. The van der Waals surface area contributed by atoms with Crippen LogP contribution in [-0.2, 0) is 16.0 Å². The quantitative estimate of drug-likeness (QED) is 0.854. The van der Waals surface area contributed by atoms with E-state index in [-0.39, 0.29) is 30.2 Å². The highest BCUT2D eigenvalue weighted by molar-refractivity contribution is 5.88. The molecule has 0 saturated carbocycles. The van der Waals surface area contributed by atoms with Gasteiger partial charge in [0.2, 0.25) is 11.8 Å². The number of nitrogens with zero attached hydrogens (tertiary/aromatic N) is 1. The number of nitrogens with two attached hydrogens (primary N) is 1. The van der Waals surface area contributed by atoms with Crippen LogP contribution in [0.4, 0.5) is 8.78 Å². The number of piperazine rings is 1. The summed E-state index contributed by atoms with van der Waals surface area (Å²) in [5.41, 5.74) is 6.02. The maximum Gasteiger partial charge on any atom is 0.242 e. The highest BCUT2D eigenvalue weighted by Gasteiger charge is 2.29. The summed E-state index contributed by atoms with van der Waals surface area (Å²) in [7, 11) is 0. The van der Waals surface area contributed by atoms with Crippen molar-refractivity contribution >= 4 is 11.8 Å². The predicted molar refractivity (Wildman–Crippen MR) is 76.8 cm³/mol. The summed E-state index contributed by atoms with van der Waals surface area (Å²) < 4.78 is 26.7. The SMILES string of the molecule is C[C@@H]1C(=O)NCCN1C(=O)C[C@H](N)Cc1cc(F)ccc1F. The van der Waals surface area contributed by atoms with Gasteiger partial charge in [0.25, 0.3) is 0 Å². The van der Waals surface area contributed by atoms with Crippen LogP contribution in [0, 0.1) is 11.6 Å². The Balaban J connectivity index is 1.96. The van der Waals surface area contributed by atoms with Crippen molar-refractivity contribution in [3.63, 3.8) is 0 Å². The first kappa shape index (κ1) is 16.4. The molecule has 120 valence electrons. The van der Waals surface area contributed by atoms with Gasteiger partial charge in [0, 0.05) is 25.6 Å². The van der Waals surface area contributed by atoms with E-state index in [4.69, 9.17) is 5.73 Å². The van der Waals surface area contributed by atoms with Crippen molar-refractivity contribution in [2.45, 2.75) is 31.8 Å². The molecule has 22 heavy (non-hydrogen) atoms. The van der Waals surface area contributed by atoms with E-state index in [2.05, 4.69) is 5.32 Å². The van der Waals surface area contributed by atoms with E-state index in [1.54, 1.807) is 6.92 Å². The lowest BCUT2D eigenvalue weighted by atomic mass is 10.0. The minimum absolute atomic E-state index is 0.0203. The number of benzene rings is 1. The van der Waals surface area contributed by atoms with Crippen LogP contribution < -0.4 is 11.1 Å². The van der Waals surface area contributed by atoms with E-state index >= 15 is 0 Å². The number of hydrogen-bond acceptors (Lipinski definition) is 3. The van der Waals surface area contributed by atoms with Crippen LogP contribution in [0.3, 0.4) is 0 Å². The Morgan fingerprint density at radius 2 is 2.23 bits per heavy atom. The fraction of sp³-hybridized carbons (Fsp3) is 0.467. The van der Waals surface area contributed by atoms with Gasteiger partial charge < -0.3 is 16.0 Å². The average Bonchev–Trinajstić information content (AvgIpc) is 2.45. The number of carbonyl (C=O) groups excluding carboxylic acids is 2. The van der Waals surface area contributed by atoms with Gasteiger partial charge in [-0.1, -0.05) is 0 Å². The molecule has 1 aliphatic heterocycles. The molecule has 1 aromatic carbocycles. The molecule has 1 saturated heterocycles. The average molecular weight is 311 g/mol. The lowest BCUT2D eigenvalue weighted by molar-refractivity contribution is -0.142. The number of amides is 2. The van der Waals surface area contributed by atoms with Gasteiger partial charge in [-0.25, -0.2) is 8.78 Å². The molecule has 0 aliphatic carbocycles. The second-order valence-electron chi connectivity index (χ2n) is 5.46. The summed E-state index contributed by atoms with van der Waals surface area (Å²) in [6, 6.07) is 1.97. The summed E-state index contributed by atoms with van der Waals surface area (Å²) in [4.78, 5) is 25.2. The van der Waals surface area contributed by atoms with Gasteiger partial charge in [-0.3, -0.25) is 9.59 Å². The van der Waals surface area contributed by atoms with Crippen molar-refractivity contribution in [3.8, 4) is 0 Å². The van der Waals surface area contributed by atoms with Crippen LogP contribution in [0.2, 0.25) is 0 Å². The fourth-order valence-electron chi connectivity index (χ4n) is 2.52. The third kappa shape index (κ3) is 3.79. The Labute approximate surface area is 127 Å². The monoisotopic (exact) mass is 311 g/mol. The van der Waals surface area contributed by atoms with Crippen LogP contribution in [-0.4, -0.2) is 41.9 Å². The van der Waals surface area contributed by atoms with Crippen LogP contribution >= 0.6 is 0 Å². The first-order chi connectivity index (χ1) is 10.4. The van der Waals surface area contributed by atoms with E-state index in [0.717, 1.165) is 18.2 Å². The normalized spacial score (nSPS) is 19.7. The van der Waals surface area contributed by atoms with Crippen molar-refractivity contribution in [2.75, 3.05) is 13.1 Å². The molecule has 1 aromatic rings. The van der Waals surface area contributed by atoms with Crippen molar-refractivity contribution in [3.05, 3.63) is 35.4 Å². The Bertz CT molecular complexity index is 580. The molecule has 1 aliphatic rings. The number of halogens is 2. The van der Waals surface area contributed by atoms with Crippen LogP contribution in [0.5, 0.6) is 0 Å². The molecule has 3 N–H and O–H groups in total. The molecule has 7 heteroatoms. The second-order valence-corrected chi connectivity index (χ2v) is 5.46. The molecule has 2 atom stereocenters. The van der Waals surface area contributed by atoms with Crippen molar-refractivity contribution in [1.29, 1.82) is 0 Å². The standard InChI is InChI=1S/C15H19F2N3O2/c1-9-15(22)19-4-5-20(9)14(21)8-12(18)7-10-6-11(16)2-3-13(10)17/h2-3,6,9,12H,4-5,7-8,18H2,1H3,(H,19,22)/t9-,12-/m1/s1. The molecule has 0 spiro atoms. The van der Waals surface area contributed by atoms with Gasteiger partial charge in [0.1, 0.15) is 17.7 Å². The highest BCUT2D eigenvalue weighted by Crippen LogP contribution is 2.14. The molecular weight excluding hydrogens is 292 g/mol. The van der Waals surface area contributed by atoms with E-state index in [9.17, 15) is 18.4 Å². The third-order valence-corrected chi connectivity index (χ3v) is 3.75. The molecule has 0 bridgehead atoms. The zero-order valence-corrected chi connectivity index (χ0v) is 12.3. The van der Waals surface area contributed by atoms with Crippen LogP contribution in [0.25, 0.3) is 0 Å². The fourth-order valence-corrected chi connectivity index (χ4v) is 2.52. The number of hydrogen-bond donors (Lipinski definition) is 2. The molecule has 1 heterocycles. The van der Waals surface area contributed by atoms with E-state index < -0.39 is 23.7 Å². The van der Waals surface area contributed by atoms with Gasteiger partial charge in [-0.15, -0.1) is 0 Å². The maximum absolute atomic E-state index is 13.6. The maximum atomic E-state index is 13.6. The van der Waals surface area contributed by atoms with Gasteiger partial charge in [-0.2, -0.15) is 0 Å². The molecule has 2 rings (SSSR count). The Kier molecular flexibility index (Phi) is 5.07. The lowest BCUT2D eigenvalue weighted by Gasteiger charge is -2.33. The van der Waals surface area contributed by atoms with Gasteiger partial charge >= 0.3 is 0 Å². The molecule has 0 radical (unpaired) electrons. The summed E-state index contributed by atoms with van der Waals surface area (Å²) in [5, 5.41) is 2.67. The minimum atomic E-state index is -0.638. The Morgan fingerprint density at radius 3 is 2.95 bits per heavy atom. The predicted octanol–water partition coefficient (Wildman–Crippen LogP) is 0.572. The Morgan fingerprint density at radius 1 is 1.50 bits per heavy atom. The van der Waals surface area contributed by atoms with Gasteiger partial charge in [0.05, 0.1) is 0 Å². The van der Waals surface area contributed by atoms with Crippen LogP contribution in [0.1, 0.15) is 18.9 Å². The summed E-state index contributed by atoms with van der Waals surface area (Å²) >= 11 is 0. The smallest absolute Gasteiger partial charge is 0.242 e. The Hall–Kier alpha value is -2.02. The zero-order chi connectivity index (χ0) is 16.3. The zero-order valence-electron chi connectivity index (χ0n) is 12.3. The number of nitrogens with one attached hydrogen (secondary N) is 1. The van der Waals surface area contributed by atoms with E-state index in [1.165, 1.54) is 4.90 Å². The number of rotatable bonds is 4. The number of carbonyl (C=O) groups is 2. The van der Waals surface area contributed by atoms with E-state index in [1.807, 2.05) is 0 Å². The molecule has 5 nitrogen and oxygen atoms in total. The largest absolute Gasteiger partial charge is 0.353 e.